The Balaban J connectivity index is 1.73. The number of nitrogens with zero attached hydrogens (tertiary/aromatic N) is 3. The number of ether oxygens (including phenoxy) is 1. The maximum Gasteiger partial charge on any atom is 0.219 e. The Morgan fingerprint density at radius 3 is 2.70 bits per heavy atom. The predicted molar refractivity (Wildman–Crippen MR) is 115 cm³/mol. The third kappa shape index (κ3) is 5.27. The molecule has 0 bridgehead atoms. The Hall–Kier alpha value is -2.68. The first kappa shape index (κ1) is 22.0. The summed E-state index contributed by atoms with van der Waals surface area (Å²) in [5.74, 6) is 1.34. The predicted octanol–water partition coefficient (Wildman–Crippen LogP) is 2.99. The molecular formula is C21H27FN4O3S. The monoisotopic (exact) mass is 434 g/mol. The normalized spacial score (nSPS) is 18.1. The molecule has 3 rings (SSSR count). The van der Waals surface area contributed by atoms with Gasteiger partial charge in [-0.25, -0.2) is 22.8 Å². The van der Waals surface area contributed by atoms with E-state index in [1.807, 2.05) is 17.9 Å². The Labute approximate surface area is 176 Å². The van der Waals surface area contributed by atoms with Crippen LogP contribution in [0.3, 0.4) is 0 Å². The molecule has 1 N–H and O–H groups in total. The number of aliphatic imine (C=N–C) groups is 1. The van der Waals surface area contributed by atoms with E-state index in [2.05, 4.69) is 15.3 Å². The summed E-state index contributed by atoms with van der Waals surface area (Å²) in [5, 5.41) is 3.25. The van der Waals surface area contributed by atoms with Crippen LogP contribution in [0.1, 0.15) is 26.3 Å². The van der Waals surface area contributed by atoms with Crippen molar-refractivity contribution >= 4 is 15.8 Å². The molecule has 30 heavy (non-hydrogen) atoms. The van der Waals surface area contributed by atoms with Crippen LogP contribution in [0.15, 0.2) is 47.6 Å². The van der Waals surface area contributed by atoms with Gasteiger partial charge in [-0.2, -0.15) is 0 Å². The van der Waals surface area contributed by atoms with Crippen LogP contribution < -0.4 is 10.1 Å². The first-order valence-electron chi connectivity index (χ1n) is 9.84. The summed E-state index contributed by atoms with van der Waals surface area (Å²) in [6.07, 6.45) is 1.63. The number of benzene rings is 1. The van der Waals surface area contributed by atoms with E-state index in [9.17, 15) is 12.8 Å². The van der Waals surface area contributed by atoms with Gasteiger partial charge in [0, 0.05) is 31.9 Å². The summed E-state index contributed by atoms with van der Waals surface area (Å²) in [6, 6.07) is 9.35. The largest absolute Gasteiger partial charge is 0.439 e. The van der Waals surface area contributed by atoms with Gasteiger partial charge in [0.1, 0.15) is 11.6 Å². The molecule has 0 atom stereocenters. The van der Waals surface area contributed by atoms with E-state index in [1.54, 1.807) is 26.1 Å². The first-order valence-corrected chi connectivity index (χ1v) is 11.5. The van der Waals surface area contributed by atoms with Crippen LogP contribution in [0.4, 0.5) is 4.39 Å². The van der Waals surface area contributed by atoms with Crippen LogP contribution >= 0.6 is 0 Å². The molecule has 1 aliphatic rings. The van der Waals surface area contributed by atoms with E-state index in [0.717, 1.165) is 5.56 Å². The Morgan fingerprint density at radius 1 is 1.30 bits per heavy atom. The van der Waals surface area contributed by atoms with Gasteiger partial charge in [-0.05, 0) is 56.7 Å². The summed E-state index contributed by atoms with van der Waals surface area (Å²) >= 11 is 0. The fourth-order valence-electron chi connectivity index (χ4n) is 3.14. The van der Waals surface area contributed by atoms with Gasteiger partial charge < -0.3 is 15.0 Å². The van der Waals surface area contributed by atoms with Gasteiger partial charge in [0.15, 0.2) is 15.8 Å². The van der Waals surface area contributed by atoms with Crippen LogP contribution in [-0.4, -0.2) is 54.4 Å². The molecule has 0 amide bonds. The van der Waals surface area contributed by atoms with Crippen molar-refractivity contribution in [2.24, 2.45) is 4.99 Å². The summed E-state index contributed by atoms with van der Waals surface area (Å²) < 4.78 is 42.5. The molecular weight excluding hydrogens is 407 g/mol. The number of sulfone groups is 1. The lowest BCUT2D eigenvalue weighted by molar-refractivity contribution is 0.353. The van der Waals surface area contributed by atoms with Gasteiger partial charge in [-0.15, -0.1) is 0 Å². The van der Waals surface area contributed by atoms with Crippen molar-refractivity contribution in [1.29, 1.82) is 0 Å². The number of guanidine groups is 1. The maximum absolute atomic E-state index is 13.0. The summed E-state index contributed by atoms with van der Waals surface area (Å²) in [6.45, 7) is 7.33. The molecule has 1 aliphatic heterocycles. The quantitative estimate of drug-likeness (QED) is 0.575. The number of halogens is 1. The highest BCUT2D eigenvalue weighted by Gasteiger charge is 2.40. The van der Waals surface area contributed by atoms with Crippen molar-refractivity contribution in [3.63, 3.8) is 0 Å². The molecule has 2 heterocycles. The molecule has 0 spiro atoms. The minimum atomic E-state index is -3.12. The van der Waals surface area contributed by atoms with E-state index < -0.39 is 14.6 Å². The number of hydrogen-bond donors (Lipinski definition) is 1. The zero-order valence-electron chi connectivity index (χ0n) is 17.4. The number of nitrogens with one attached hydrogen (secondary N) is 1. The van der Waals surface area contributed by atoms with Crippen LogP contribution in [0, 0.1) is 5.82 Å². The van der Waals surface area contributed by atoms with Crippen LogP contribution in [0.25, 0.3) is 0 Å². The van der Waals surface area contributed by atoms with Crippen molar-refractivity contribution in [1.82, 2.24) is 15.2 Å². The van der Waals surface area contributed by atoms with E-state index in [-0.39, 0.29) is 11.6 Å². The molecule has 1 aromatic heterocycles. The molecule has 9 heteroatoms. The molecule has 162 valence electrons. The molecule has 1 aromatic carbocycles. The van der Waals surface area contributed by atoms with E-state index in [0.29, 0.717) is 43.8 Å². The van der Waals surface area contributed by atoms with Gasteiger partial charge >= 0.3 is 0 Å². The standard InChI is InChI=1S/C21H27FN4O3S/c1-4-23-20(26-11-12-30(27,28)21(2,3)15-26)25-14-16-9-10-24-19(13-16)29-18-7-5-17(22)6-8-18/h5-10,13H,4,11-12,14-15H2,1-3H3,(H,23,25). The van der Waals surface area contributed by atoms with Crippen LogP contribution in [0.2, 0.25) is 0 Å². The highest BCUT2D eigenvalue weighted by Crippen LogP contribution is 2.24. The van der Waals surface area contributed by atoms with Crippen LogP contribution in [-0.2, 0) is 16.4 Å². The lowest BCUT2D eigenvalue weighted by Gasteiger charge is -2.39. The van der Waals surface area contributed by atoms with Crippen molar-refractivity contribution in [2.75, 3.05) is 25.4 Å². The number of hydrogen-bond acceptors (Lipinski definition) is 5. The molecule has 1 fully saturated rings. The SMILES string of the molecule is CCNC(=NCc1ccnc(Oc2ccc(F)cc2)c1)N1CCS(=O)(=O)C(C)(C)C1. The molecule has 1 saturated heterocycles. The van der Waals surface area contributed by atoms with Gasteiger partial charge in [-0.3, -0.25) is 0 Å². The zero-order chi connectivity index (χ0) is 21.8. The highest BCUT2D eigenvalue weighted by molar-refractivity contribution is 7.92. The van der Waals surface area contributed by atoms with Crippen LogP contribution in [0.5, 0.6) is 11.6 Å². The lowest BCUT2D eigenvalue weighted by Crippen LogP contribution is -2.57. The molecule has 0 unspecified atom stereocenters. The average Bonchev–Trinajstić information content (AvgIpc) is 2.69. The smallest absolute Gasteiger partial charge is 0.219 e. The summed E-state index contributed by atoms with van der Waals surface area (Å²) in [5.41, 5.74) is 0.890. The third-order valence-corrected chi connectivity index (χ3v) is 7.46. The summed E-state index contributed by atoms with van der Waals surface area (Å²) in [7, 11) is -3.12. The van der Waals surface area contributed by atoms with E-state index >= 15 is 0 Å². The van der Waals surface area contributed by atoms with Gasteiger partial charge in [0.05, 0.1) is 17.0 Å². The fourth-order valence-corrected chi connectivity index (χ4v) is 4.51. The van der Waals surface area contributed by atoms with E-state index in [4.69, 9.17) is 4.74 Å². The van der Waals surface area contributed by atoms with Gasteiger partial charge in [-0.1, -0.05) is 0 Å². The molecule has 0 saturated carbocycles. The molecule has 0 aliphatic carbocycles. The van der Waals surface area contributed by atoms with Gasteiger partial charge in [0.25, 0.3) is 0 Å². The lowest BCUT2D eigenvalue weighted by atomic mass is 10.2. The molecule has 0 radical (unpaired) electrons. The second-order valence-electron chi connectivity index (χ2n) is 7.73. The third-order valence-electron chi connectivity index (χ3n) is 4.92. The first-order chi connectivity index (χ1) is 14.2. The number of aromatic nitrogens is 1. The average molecular weight is 435 g/mol. The zero-order valence-corrected chi connectivity index (χ0v) is 18.2. The Morgan fingerprint density at radius 2 is 2.03 bits per heavy atom. The van der Waals surface area contributed by atoms with Crippen molar-refractivity contribution in [3.8, 4) is 11.6 Å². The maximum atomic E-state index is 13.0. The second kappa shape index (κ2) is 8.99. The van der Waals surface area contributed by atoms with Gasteiger partial charge in [0.2, 0.25) is 5.88 Å². The van der Waals surface area contributed by atoms with Crippen molar-refractivity contribution in [2.45, 2.75) is 32.1 Å². The summed E-state index contributed by atoms with van der Waals surface area (Å²) in [4.78, 5) is 10.9. The van der Waals surface area contributed by atoms with E-state index in [1.165, 1.54) is 24.3 Å². The Kier molecular flexibility index (Phi) is 6.60. The highest BCUT2D eigenvalue weighted by atomic mass is 32.2. The Bertz CT molecular complexity index is 1010. The fraction of sp³-hybridized carbons (Fsp3) is 0.429. The molecule has 7 nitrogen and oxygen atoms in total. The van der Waals surface area contributed by atoms with Crippen molar-refractivity contribution < 1.29 is 17.5 Å². The molecule has 2 aromatic rings. The number of rotatable bonds is 5. The topological polar surface area (TPSA) is 83.9 Å². The number of pyridine rings is 1. The minimum Gasteiger partial charge on any atom is -0.439 e. The van der Waals surface area contributed by atoms with Crippen molar-refractivity contribution in [3.05, 3.63) is 54.0 Å². The minimum absolute atomic E-state index is 0.106. The second-order valence-corrected chi connectivity index (χ2v) is 10.5.